The van der Waals surface area contributed by atoms with E-state index in [2.05, 4.69) is 0 Å². The Morgan fingerprint density at radius 1 is 1.14 bits per heavy atom. The molecule has 0 aliphatic carbocycles. The van der Waals surface area contributed by atoms with Crippen LogP contribution in [-0.4, -0.2) is 61.7 Å². The normalized spacial score (nSPS) is 15.0. The second-order valence-electron chi connectivity index (χ2n) is 7.17. The minimum absolute atomic E-state index is 0.0757. The fourth-order valence-electron chi connectivity index (χ4n) is 3.53. The fraction of sp³-hybridized carbons (Fsp3) is 0.455. The maximum Gasteiger partial charge on any atom is 0.409 e. The van der Waals surface area contributed by atoms with E-state index < -0.39 is 0 Å². The molecule has 7 nitrogen and oxygen atoms in total. The van der Waals surface area contributed by atoms with Gasteiger partial charge in [-0.1, -0.05) is 0 Å². The lowest BCUT2D eigenvalue weighted by molar-refractivity contribution is -0.127. The average molecular weight is 400 g/mol. The maximum absolute atomic E-state index is 12.8. The Hall–Kier alpha value is -2.96. The van der Waals surface area contributed by atoms with Gasteiger partial charge in [0.2, 0.25) is 5.91 Å². The van der Waals surface area contributed by atoms with Gasteiger partial charge < -0.3 is 23.7 Å². The number of furan rings is 1. The van der Waals surface area contributed by atoms with Crippen molar-refractivity contribution in [2.45, 2.75) is 27.7 Å². The first-order valence-electron chi connectivity index (χ1n) is 9.82. The van der Waals surface area contributed by atoms with Crippen molar-refractivity contribution in [3.05, 3.63) is 35.1 Å². The molecular weight excluding hydrogens is 372 g/mol. The van der Waals surface area contributed by atoms with Gasteiger partial charge in [0, 0.05) is 49.3 Å². The van der Waals surface area contributed by atoms with Gasteiger partial charge in [-0.3, -0.25) is 4.79 Å². The van der Waals surface area contributed by atoms with Crippen molar-refractivity contribution >= 4 is 28.5 Å². The van der Waals surface area contributed by atoms with Crippen molar-refractivity contribution in [1.82, 2.24) is 9.80 Å². The molecule has 2 heterocycles. The summed E-state index contributed by atoms with van der Waals surface area (Å²) in [5.74, 6) is 1.46. The topological polar surface area (TPSA) is 72.2 Å². The molecule has 0 N–H and O–H groups in total. The number of piperazine rings is 1. The molecule has 0 unspecified atom stereocenters. The van der Waals surface area contributed by atoms with Gasteiger partial charge in [-0.05, 0) is 44.9 Å². The molecule has 156 valence electrons. The highest BCUT2D eigenvalue weighted by atomic mass is 16.6. The molecule has 1 aliphatic heterocycles. The molecule has 0 radical (unpaired) electrons. The minimum atomic E-state index is -0.324. The monoisotopic (exact) mass is 400 g/mol. The van der Waals surface area contributed by atoms with Crippen molar-refractivity contribution in [2.24, 2.45) is 0 Å². The Bertz CT molecular complexity index is 952. The lowest BCUT2D eigenvalue weighted by Gasteiger charge is -2.33. The summed E-state index contributed by atoms with van der Waals surface area (Å²) in [6, 6.07) is 3.88. The van der Waals surface area contributed by atoms with Gasteiger partial charge >= 0.3 is 6.09 Å². The third-order valence-corrected chi connectivity index (χ3v) is 5.38. The van der Waals surface area contributed by atoms with Gasteiger partial charge in [0.05, 0.1) is 13.7 Å². The number of hydrogen-bond donors (Lipinski definition) is 0. The van der Waals surface area contributed by atoms with Crippen molar-refractivity contribution in [3.8, 4) is 5.75 Å². The molecular formula is C22H28N2O5. The van der Waals surface area contributed by atoms with E-state index in [0.29, 0.717) is 38.5 Å². The standard InChI is InChI=1S/C22H28N2O5/c1-6-28-22(26)24-9-7-23(8-10-24)21(25)11-14(2)17-12-18-15(3)16(4)29-20(18)13-19(17)27-5/h11-13H,6-10H2,1-5H3/b14-11+. The third kappa shape index (κ3) is 4.23. The van der Waals surface area contributed by atoms with Crippen LogP contribution in [0.25, 0.3) is 16.5 Å². The molecule has 2 aromatic rings. The summed E-state index contributed by atoms with van der Waals surface area (Å²) >= 11 is 0. The number of rotatable bonds is 4. The number of hydrogen-bond acceptors (Lipinski definition) is 5. The summed E-state index contributed by atoms with van der Waals surface area (Å²) in [5.41, 5.74) is 3.54. The van der Waals surface area contributed by atoms with Crippen LogP contribution in [0.4, 0.5) is 4.79 Å². The van der Waals surface area contributed by atoms with Crippen LogP contribution in [-0.2, 0) is 9.53 Å². The van der Waals surface area contributed by atoms with Crippen molar-refractivity contribution in [2.75, 3.05) is 39.9 Å². The van der Waals surface area contributed by atoms with Crippen LogP contribution < -0.4 is 4.74 Å². The molecule has 1 aliphatic rings. The first-order valence-corrected chi connectivity index (χ1v) is 9.82. The molecule has 1 aromatic heterocycles. The summed E-state index contributed by atoms with van der Waals surface area (Å²) in [6.07, 6.45) is 1.31. The summed E-state index contributed by atoms with van der Waals surface area (Å²) in [5, 5.41) is 1.02. The molecule has 0 spiro atoms. The van der Waals surface area contributed by atoms with E-state index in [1.165, 1.54) is 0 Å². The summed E-state index contributed by atoms with van der Waals surface area (Å²) in [4.78, 5) is 28.0. The highest BCUT2D eigenvalue weighted by molar-refractivity contribution is 5.97. The van der Waals surface area contributed by atoms with Crippen LogP contribution in [0.3, 0.4) is 0 Å². The smallest absolute Gasteiger partial charge is 0.409 e. The minimum Gasteiger partial charge on any atom is -0.496 e. The summed E-state index contributed by atoms with van der Waals surface area (Å²) in [7, 11) is 1.61. The molecule has 1 fully saturated rings. The Morgan fingerprint density at radius 3 is 2.41 bits per heavy atom. The zero-order valence-corrected chi connectivity index (χ0v) is 17.7. The molecule has 3 rings (SSSR count). The number of aryl methyl sites for hydroxylation is 2. The van der Waals surface area contributed by atoms with Crippen LogP contribution in [0, 0.1) is 13.8 Å². The average Bonchev–Trinajstić information content (AvgIpc) is 3.00. The van der Waals surface area contributed by atoms with Gasteiger partial charge in [-0.25, -0.2) is 4.79 Å². The largest absolute Gasteiger partial charge is 0.496 e. The number of methoxy groups -OCH3 is 1. The molecule has 1 saturated heterocycles. The van der Waals surface area contributed by atoms with Crippen molar-refractivity contribution < 1.29 is 23.5 Å². The number of benzene rings is 1. The van der Waals surface area contributed by atoms with E-state index in [0.717, 1.165) is 33.4 Å². The summed E-state index contributed by atoms with van der Waals surface area (Å²) < 4.78 is 16.3. The number of nitrogens with zero attached hydrogens (tertiary/aromatic N) is 2. The zero-order chi connectivity index (χ0) is 21.1. The van der Waals surface area contributed by atoms with Crippen LogP contribution in [0.5, 0.6) is 5.75 Å². The molecule has 0 atom stereocenters. The zero-order valence-electron chi connectivity index (χ0n) is 17.7. The number of carbonyl (C=O) groups is 2. The Kier molecular flexibility index (Phi) is 6.15. The van der Waals surface area contributed by atoms with E-state index in [-0.39, 0.29) is 12.0 Å². The number of fused-ring (bicyclic) bond motifs is 1. The van der Waals surface area contributed by atoms with Crippen LogP contribution >= 0.6 is 0 Å². The molecule has 7 heteroatoms. The number of amides is 2. The fourth-order valence-corrected chi connectivity index (χ4v) is 3.53. The van der Waals surface area contributed by atoms with Gasteiger partial charge in [0.25, 0.3) is 0 Å². The predicted molar refractivity (Wildman–Crippen MR) is 111 cm³/mol. The van der Waals surface area contributed by atoms with Gasteiger partial charge in [-0.2, -0.15) is 0 Å². The lowest BCUT2D eigenvalue weighted by atomic mass is 10.0. The van der Waals surface area contributed by atoms with Crippen LogP contribution in [0.2, 0.25) is 0 Å². The van der Waals surface area contributed by atoms with Crippen LogP contribution in [0.15, 0.2) is 22.6 Å². The van der Waals surface area contributed by atoms with Gasteiger partial charge in [-0.15, -0.1) is 0 Å². The SMILES string of the molecule is CCOC(=O)N1CCN(C(=O)/C=C(\C)c2cc3c(C)c(C)oc3cc2OC)CC1. The summed E-state index contributed by atoms with van der Waals surface area (Å²) in [6.45, 7) is 9.90. The van der Waals surface area contributed by atoms with E-state index in [9.17, 15) is 9.59 Å². The molecule has 2 amide bonds. The first-order chi connectivity index (χ1) is 13.8. The van der Waals surface area contributed by atoms with Crippen molar-refractivity contribution in [3.63, 3.8) is 0 Å². The van der Waals surface area contributed by atoms with Gasteiger partial charge in [0.1, 0.15) is 17.1 Å². The first kappa shape index (κ1) is 20.8. The van der Waals surface area contributed by atoms with E-state index >= 15 is 0 Å². The van der Waals surface area contributed by atoms with E-state index in [4.69, 9.17) is 13.9 Å². The van der Waals surface area contributed by atoms with Crippen LogP contribution in [0.1, 0.15) is 30.7 Å². The highest BCUT2D eigenvalue weighted by Crippen LogP contribution is 2.34. The number of carbonyl (C=O) groups excluding carboxylic acids is 2. The van der Waals surface area contributed by atoms with E-state index in [1.807, 2.05) is 32.9 Å². The maximum atomic E-state index is 12.8. The number of ether oxygens (including phenoxy) is 2. The van der Waals surface area contributed by atoms with Crippen molar-refractivity contribution in [1.29, 1.82) is 0 Å². The predicted octanol–water partition coefficient (Wildman–Crippen LogP) is 3.76. The molecule has 0 saturated carbocycles. The molecule has 29 heavy (non-hydrogen) atoms. The Balaban J connectivity index is 1.78. The second-order valence-corrected chi connectivity index (χ2v) is 7.17. The Morgan fingerprint density at radius 2 is 1.79 bits per heavy atom. The Labute approximate surface area is 170 Å². The highest BCUT2D eigenvalue weighted by Gasteiger charge is 2.24. The van der Waals surface area contributed by atoms with Gasteiger partial charge in [0.15, 0.2) is 0 Å². The quantitative estimate of drug-likeness (QED) is 0.731. The number of allylic oxidation sites excluding steroid dienone is 1. The second kappa shape index (κ2) is 8.59. The lowest BCUT2D eigenvalue weighted by Crippen LogP contribution is -2.50. The molecule has 1 aromatic carbocycles. The molecule has 0 bridgehead atoms. The third-order valence-electron chi connectivity index (χ3n) is 5.38. The van der Waals surface area contributed by atoms with E-state index in [1.54, 1.807) is 29.9 Å².